The third-order valence-corrected chi connectivity index (χ3v) is 3.85. The number of nitrogens with zero attached hydrogens (tertiary/aromatic N) is 3. The Labute approximate surface area is 120 Å². The molecule has 1 heterocycles. The molecule has 4 heteroatoms. The van der Waals surface area contributed by atoms with Crippen molar-refractivity contribution in [2.24, 2.45) is 0 Å². The Morgan fingerprint density at radius 1 is 1.10 bits per heavy atom. The Bertz CT molecular complexity index is 567. The van der Waals surface area contributed by atoms with Gasteiger partial charge >= 0.3 is 0 Å². The van der Waals surface area contributed by atoms with Crippen LogP contribution in [-0.2, 0) is 0 Å². The first-order valence-electron chi connectivity index (χ1n) is 7.32. The molecular weight excluding hydrogens is 250 g/mol. The number of aromatic nitrogens is 2. The van der Waals surface area contributed by atoms with Gasteiger partial charge in [-0.25, -0.2) is 0 Å². The van der Waals surface area contributed by atoms with Crippen molar-refractivity contribution in [1.29, 1.82) is 0 Å². The van der Waals surface area contributed by atoms with Crippen LogP contribution in [0.2, 0.25) is 0 Å². The third kappa shape index (κ3) is 2.75. The molecule has 2 rings (SSSR count). The lowest BCUT2D eigenvalue weighted by atomic mass is 10.1. The van der Waals surface area contributed by atoms with Gasteiger partial charge in [0, 0.05) is 23.4 Å². The van der Waals surface area contributed by atoms with Crippen molar-refractivity contribution in [3.63, 3.8) is 0 Å². The number of hydrogen-bond donors (Lipinski definition) is 1. The minimum Gasteiger partial charge on any atom is -0.395 e. The molecule has 0 saturated carbocycles. The summed E-state index contributed by atoms with van der Waals surface area (Å²) in [5.41, 5.74) is 0.942. The lowest BCUT2D eigenvalue weighted by molar-refractivity contribution is 0.295. The molecule has 1 N–H and O–H groups in total. The summed E-state index contributed by atoms with van der Waals surface area (Å²) in [6.07, 6.45) is 2.06. The van der Waals surface area contributed by atoms with E-state index in [1.807, 2.05) is 19.1 Å². The summed E-state index contributed by atoms with van der Waals surface area (Å²) in [4.78, 5) is 2.19. The van der Waals surface area contributed by atoms with Crippen LogP contribution in [0.4, 0.5) is 5.82 Å². The molecule has 0 bridgehead atoms. The maximum atomic E-state index is 9.37. The Balaban J connectivity index is 2.56. The Morgan fingerprint density at radius 3 is 2.35 bits per heavy atom. The molecule has 1 aromatic heterocycles. The van der Waals surface area contributed by atoms with E-state index in [0.717, 1.165) is 35.1 Å². The van der Waals surface area contributed by atoms with Crippen LogP contribution >= 0.6 is 0 Å². The van der Waals surface area contributed by atoms with Gasteiger partial charge in [-0.2, -0.15) is 5.10 Å². The van der Waals surface area contributed by atoms with Gasteiger partial charge in [0.2, 0.25) is 0 Å². The molecule has 20 heavy (non-hydrogen) atoms. The smallest absolute Gasteiger partial charge is 0.159 e. The lowest BCUT2D eigenvalue weighted by Gasteiger charge is -2.31. The molecule has 0 fully saturated rings. The first-order valence-corrected chi connectivity index (χ1v) is 7.32. The first-order chi connectivity index (χ1) is 9.72. The van der Waals surface area contributed by atoms with Crippen LogP contribution in [0.25, 0.3) is 10.8 Å². The zero-order valence-electron chi connectivity index (χ0n) is 12.5. The third-order valence-electron chi connectivity index (χ3n) is 3.85. The number of fused-ring (bicyclic) bond motifs is 1. The fourth-order valence-electron chi connectivity index (χ4n) is 2.73. The second-order valence-electron chi connectivity index (χ2n) is 5.04. The highest BCUT2D eigenvalue weighted by Gasteiger charge is 2.19. The minimum atomic E-state index is 0.125. The first kappa shape index (κ1) is 14.7. The van der Waals surface area contributed by atoms with Gasteiger partial charge in [0.15, 0.2) is 5.82 Å². The zero-order valence-corrected chi connectivity index (χ0v) is 12.5. The van der Waals surface area contributed by atoms with Gasteiger partial charge in [-0.1, -0.05) is 38.1 Å². The normalized spacial score (nSPS) is 11.2. The van der Waals surface area contributed by atoms with Gasteiger partial charge in [-0.3, -0.25) is 0 Å². The van der Waals surface area contributed by atoms with E-state index in [1.54, 1.807) is 0 Å². The lowest BCUT2D eigenvalue weighted by Crippen LogP contribution is -2.37. The zero-order chi connectivity index (χ0) is 14.5. The average Bonchev–Trinajstić information content (AvgIpc) is 2.48. The number of anilines is 1. The van der Waals surface area contributed by atoms with Crippen molar-refractivity contribution in [2.45, 2.75) is 39.7 Å². The van der Waals surface area contributed by atoms with Crippen molar-refractivity contribution < 1.29 is 5.11 Å². The fourth-order valence-corrected chi connectivity index (χ4v) is 2.73. The van der Waals surface area contributed by atoms with Crippen molar-refractivity contribution in [1.82, 2.24) is 10.2 Å². The molecule has 4 nitrogen and oxygen atoms in total. The van der Waals surface area contributed by atoms with E-state index in [-0.39, 0.29) is 6.61 Å². The van der Waals surface area contributed by atoms with Crippen molar-refractivity contribution in [3.05, 3.63) is 30.0 Å². The van der Waals surface area contributed by atoms with Crippen molar-refractivity contribution >= 4 is 16.6 Å². The van der Waals surface area contributed by atoms with E-state index < -0.39 is 0 Å². The fraction of sp³-hybridized carbons (Fsp3) is 0.500. The Hall–Kier alpha value is -1.68. The molecule has 108 valence electrons. The number of benzene rings is 1. The van der Waals surface area contributed by atoms with Gasteiger partial charge in [0.25, 0.3) is 0 Å². The van der Waals surface area contributed by atoms with Crippen LogP contribution in [0.15, 0.2) is 24.3 Å². The van der Waals surface area contributed by atoms with Crippen LogP contribution in [0.5, 0.6) is 0 Å². The van der Waals surface area contributed by atoms with Crippen LogP contribution in [0.1, 0.15) is 32.4 Å². The van der Waals surface area contributed by atoms with E-state index >= 15 is 0 Å². The van der Waals surface area contributed by atoms with Crippen LogP contribution in [0.3, 0.4) is 0 Å². The predicted octanol–water partition coefficient (Wildman–Crippen LogP) is 2.93. The molecule has 0 aliphatic carbocycles. The van der Waals surface area contributed by atoms with E-state index in [0.29, 0.717) is 12.6 Å². The maximum Gasteiger partial charge on any atom is 0.159 e. The van der Waals surface area contributed by atoms with E-state index in [2.05, 4.69) is 41.1 Å². The van der Waals surface area contributed by atoms with Gasteiger partial charge in [-0.15, -0.1) is 5.10 Å². The SMILES string of the molecule is CCC(CC)N(CCO)c1nnc(C)c2ccccc12. The van der Waals surface area contributed by atoms with Gasteiger partial charge < -0.3 is 10.0 Å². The van der Waals surface area contributed by atoms with Crippen LogP contribution in [0, 0.1) is 6.92 Å². The second-order valence-corrected chi connectivity index (χ2v) is 5.04. The molecule has 0 spiro atoms. The van der Waals surface area contributed by atoms with E-state index in [4.69, 9.17) is 0 Å². The van der Waals surface area contributed by atoms with Gasteiger partial charge in [-0.05, 0) is 19.8 Å². The molecule has 0 radical (unpaired) electrons. The van der Waals surface area contributed by atoms with Crippen LogP contribution in [-0.4, -0.2) is 34.5 Å². The summed E-state index contributed by atoms with van der Waals surface area (Å²) in [7, 11) is 0. The molecule has 0 aliphatic heterocycles. The molecule has 2 aromatic rings. The molecular formula is C16H23N3O. The standard InChI is InChI=1S/C16H23N3O/c1-4-13(5-2)19(10-11-20)16-15-9-7-6-8-14(15)12(3)17-18-16/h6-9,13,20H,4-5,10-11H2,1-3H3. The summed E-state index contributed by atoms with van der Waals surface area (Å²) in [6, 6.07) is 8.58. The maximum absolute atomic E-state index is 9.37. The highest BCUT2D eigenvalue weighted by Crippen LogP contribution is 2.27. The number of aryl methyl sites for hydroxylation is 1. The largest absolute Gasteiger partial charge is 0.395 e. The molecule has 0 saturated heterocycles. The van der Waals surface area contributed by atoms with Crippen molar-refractivity contribution in [2.75, 3.05) is 18.1 Å². The highest BCUT2D eigenvalue weighted by atomic mass is 16.3. The number of aliphatic hydroxyl groups excluding tert-OH is 1. The second kappa shape index (κ2) is 6.66. The highest BCUT2D eigenvalue weighted by molar-refractivity contribution is 5.93. The van der Waals surface area contributed by atoms with E-state index in [1.165, 1.54) is 0 Å². The Morgan fingerprint density at radius 2 is 1.75 bits per heavy atom. The molecule has 0 atom stereocenters. The minimum absolute atomic E-state index is 0.125. The summed E-state index contributed by atoms with van der Waals surface area (Å²) in [5, 5.41) is 20.3. The molecule has 1 aromatic carbocycles. The Kier molecular flexibility index (Phi) is 4.90. The van der Waals surface area contributed by atoms with Crippen molar-refractivity contribution in [3.8, 4) is 0 Å². The number of aliphatic hydroxyl groups is 1. The molecule has 0 aliphatic rings. The van der Waals surface area contributed by atoms with Crippen LogP contribution < -0.4 is 4.90 Å². The number of rotatable bonds is 6. The monoisotopic (exact) mass is 273 g/mol. The van der Waals surface area contributed by atoms with Gasteiger partial charge in [0.1, 0.15) is 0 Å². The summed E-state index contributed by atoms with van der Waals surface area (Å²) in [6.45, 7) is 7.03. The summed E-state index contributed by atoms with van der Waals surface area (Å²) in [5.74, 6) is 0.883. The summed E-state index contributed by atoms with van der Waals surface area (Å²) >= 11 is 0. The average molecular weight is 273 g/mol. The quantitative estimate of drug-likeness (QED) is 0.879. The molecule has 0 unspecified atom stereocenters. The molecule has 0 amide bonds. The summed E-state index contributed by atoms with van der Waals surface area (Å²) < 4.78 is 0. The van der Waals surface area contributed by atoms with Gasteiger partial charge in [0.05, 0.1) is 12.3 Å². The predicted molar refractivity (Wildman–Crippen MR) is 83.1 cm³/mol. The number of hydrogen-bond acceptors (Lipinski definition) is 4. The topological polar surface area (TPSA) is 49.2 Å². The van der Waals surface area contributed by atoms with E-state index in [9.17, 15) is 5.11 Å².